The molecule has 2 aromatic carbocycles. The molecule has 1 amide bonds. The van der Waals surface area contributed by atoms with Crippen LogP contribution in [0.1, 0.15) is 11.1 Å². The quantitative estimate of drug-likeness (QED) is 0.563. The van der Waals surface area contributed by atoms with Gasteiger partial charge in [-0.25, -0.2) is 4.79 Å². The number of benzene rings is 2. The summed E-state index contributed by atoms with van der Waals surface area (Å²) >= 11 is 0. The Bertz CT molecular complexity index is 982. The second kappa shape index (κ2) is 7.63. The molecule has 0 saturated heterocycles. The number of hydrogen-bond acceptors (Lipinski definition) is 4. The third-order valence-corrected chi connectivity index (χ3v) is 4.02. The molecule has 3 rings (SSSR count). The van der Waals surface area contributed by atoms with Gasteiger partial charge in [0.15, 0.2) is 5.82 Å². The first-order valence-corrected chi connectivity index (χ1v) is 8.22. The number of nitrogens with one attached hydrogen (secondary N) is 3. The number of hydrogen-bond donors (Lipinski definition) is 3. The summed E-state index contributed by atoms with van der Waals surface area (Å²) in [5.41, 5.74) is 2.67. The van der Waals surface area contributed by atoms with Crippen molar-refractivity contribution in [3.63, 3.8) is 0 Å². The van der Waals surface area contributed by atoms with Crippen molar-refractivity contribution in [3.05, 3.63) is 59.7 Å². The van der Waals surface area contributed by atoms with Crippen LogP contribution in [0.5, 0.6) is 0 Å². The van der Waals surface area contributed by atoms with Crippen LogP contribution in [-0.2, 0) is 10.9 Å². The molecule has 0 unspecified atom stereocenters. The largest absolute Gasteiger partial charge is 0.453 e. The van der Waals surface area contributed by atoms with Gasteiger partial charge in [-0.15, -0.1) is 0 Å². The van der Waals surface area contributed by atoms with Crippen LogP contribution in [0.2, 0.25) is 0 Å². The van der Waals surface area contributed by atoms with Gasteiger partial charge < -0.3 is 10.1 Å². The highest BCUT2D eigenvalue weighted by Crippen LogP contribution is 2.31. The molecule has 0 spiro atoms. The minimum absolute atomic E-state index is 0.506. The molecule has 146 valence electrons. The normalized spacial score (nSPS) is 11.2. The molecular weight excluding hydrogens is 373 g/mol. The van der Waals surface area contributed by atoms with E-state index in [1.54, 1.807) is 24.3 Å². The average Bonchev–Trinajstić information content (AvgIpc) is 3.12. The fourth-order valence-electron chi connectivity index (χ4n) is 2.56. The Kier molecular flexibility index (Phi) is 5.25. The molecule has 3 aromatic rings. The summed E-state index contributed by atoms with van der Waals surface area (Å²) in [6, 6.07) is 11.8. The molecule has 6 nitrogen and oxygen atoms in total. The number of carbonyl (C=O) groups is 1. The van der Waals surface area contributed by atoms with E-state index < -0.39 is 17.8 Å². The van der Waals surface area contributed by atoms with Crippen molar-refractivity contribution < 1.29 is 22.7 Å². The van der Waals surface area contributed by atoms with Crippen LogP contribution in [0.25, 0.3) is 11.3 Å². The van der Waals surface area contributed by atoms with Gasteiger partial charge in [0.2, 0.25) is 0 Å². The molecule has 1 heterocycles. The highest BCUT2D eigenvalue weighted by molar-refractivity contribution is 5.85. The van der Waals surface area contributed by atoms with E-state index in [4.69, 9.17) is 0 Å². The van der Waals surface area contributed by atoms with Crippen molar-refractivity contribution in [1.82, 2.24) is 10.2 Å². The van der Waals surface area contributed by atoms with Crippen molar-refractivity contribution >= 4 is 23.3 Å². The second-order valence-corrected chi connectivity index (χ2v) is 6.01. The third-order valence-electron chi connectivity index (χ3n) is 4.02. The van der Waals surface area contributed by atoms with E-state index in [9.17, 15) is 18.0 Å². The van der Waals surface area contributed by atoms with Crippen molar-refractivity contribution in [2.45, 2.75) is 13.1 Å². The molecule has 0 fully saturated rings. The number of anilines is 3. The maximum atomic E-state index is 12.7. The number of carbonyl (C=O) groups excluding carboxylic acids is 1. The minimum Gasteiger partial charge on any atom is -0.453 e. The van der Waals surface area contributed by atoms with Crippen LogP contribution in [-0.4, -0.2) is 23.4 Å². The molecule has 0 saturated carbocycles. The Morgan fingerprint density at radius 1 is 1.11 bits per heavy atom. The molecule has 0 aliphatic heterocycles. The number of ether oxygens (including phenoxy) is 1. The molecule has 0 aliphatic rings. The summed E-state index contributed by atoms with van der Waals surface area (Å²) in [6.45, 7) is 1.86. The van der Waals surface area contributed by atoms with Crippen LogP contribution in [0.4, 0.5) is 35.2 Å². The number of aromatic amines is 1. The van der Waals surface area contributed by atoms with Crippen LogP contribution in [0.3, 0.4) is 0 Å². The fraction of sp³-hybridized carbons (Fsp3) is 0.158. The van der Waals surface area contributed by atoms with Gasteiger partial charge in [-0.3, -0.25) is 10.4 Å². The highest BCUT2D eigenvalue weighted by atomic mass is 19.4. The van der Waals surface area contributed by atoms with Crippen molar-refractivity contribution in [1.29, 1.82) is 0 Å². The summed E-state index contributed by atoms with van der Waals surface area (Å²) in [5, 5.41) is 12.6. The van der Waals surface area contributed by atoms with Crippen molar-refractivity contribution in [3.8, 4) is 11.3 Å². The summed E-state index contributed by atoms with van der Waals surface area (Å²) < 4.78 is 42.5. The van der Waals surface area contributed by atoms with Gasteiger partial charge in [0.05, 0.1) is 18.4 Å². The van der Waals surface area contributed by atoms with Crippen molar-refractivity contribution in [2.24, 2.45) is 0 Å². The number of aromatic nitrogens is 2. The minimum atomic E-state index is -4.37. The topological polar surface area (TPSA) is 79.0 Å². The molecular formula is C19H17F3N4O2. The standard InChI is InChI=1S/C19H17F3N4O2/c1-11-9-14(23-18(27)28-2)7-8-15(11)24-17-10-16(25-26-17)12-3-5-13(6-4-12)19(20,21)22/h3-10H,1-2H3,(H,23,27)(H2,24,25,26). The Hall–Kier alpha value is -3.49. The maximum Gasteiger partial charge on any atom is 0.416 e. The Morgan fingerprint density at radius 3 is 2.43 bits per heavy atom. The van der Waals surface area contributed by atoms with Crippen LogP contribution < -0.4 is 10.6 Å². The van der Waals surface area contributed by atoms with Gasteiger partial charge in [-0.2, -0.15) is 18.3 Å². The number of methoxy groups -OCH3 is 1. The number of amides is 1. The van der Waals surface area contributed by atoms with Crippen LogP contribution >= 0.6 is 0 Å². The zero-order valence-electron chi connectivity index (χ0n) is 15.0. The van der Waals surface area contributed by atoms with E-state index in [2.05, 4.69) is 25.6 Å². The van der Waals surface area contributed by atoms with Gasteiger partial charge in [0, 0.05) is 17.4 Å². The summed E-state index contributed by atoms with van der Waals surface area (Å²) in [7, 11) is 1.28. The highest BCUT2D eigenvalue weighted by Gasteiger charge is 2.30. The first kappa shape index (κ1) is 19.3. The van der Waals surface area contributed by atoms with Crippen LogP contribution in [0.15, 0.2) is 48.5 Å². The number of H-pyrrole nitrogens is 1. The summed E-state index contributed by atoms with van der Waals surface area (Å²) in [6.07, 6.45) is -4.93. The van der Waals surface area contributed by atoms with Gasteiger partial charge in [-0.1, -0.05) is 12.1 Å². The van der Waals surface area contributed by atoms with Gasteiger partial charge >= 0.3 is 12.3 Å². The molecule has 0 bridgehead atoms. The van der Waals surface area contributed by atoms with E-state index in [0.29, 0.717) is 22.8 Å². The zero-order chi connectivity index (χ0) is 20.3. The second-order valence-electron chi connectivity index (χ2n) is 6.01. The number of nitrogens with zero attached hydrogens (tertiary/aromatic N) is 1. The lowest BCUT2D eigenvalue weighted by molar-refractivity contribution is -0.137. The van der Waals surface area contributed by atoms with E-state index >= 15 is 0 Å². The number of rotatable bonds is 4. The predicted octanol–water partition coefficient (Wildman–Crippen LogP) is 5.33. The molecule has 0 radical (unpaired) electrons. The van der Waals surface area contributed by atoms with E-state index in [0.717, 1.165) is 23.4 Å². The van der Waals surface area contributed by atoms with E-state index in [1.807, 2.05) is 6.92 Å². The van der Waals surface area contributed by atoms with E-state index in [-0.39, 0.29) is 0 Å². The molecule has 0 aliphatic carbocycles. The monoisotopic (exact) mass is 390 g/mol. The SMILES string of the molecule is COC(=O)Nc1ccc(Nc2cc(-c3ccc(C(F)(F)F)cc3)[nH]n2)c(C)c1. The number of aryl methyl sites for hydroxylation is 1. The molecule has 28 heavy (non-hydrogen) atoms. The summed E-state index contributed by atoms with van der Waals surface area (Å²) in [5.74, 6) is 0.506. The third kappa shape index (κ3) is 4.43. The lowest BCUT2D eigenvalue weighted by Crippen LogP contribution is -2.11. The zero-order valence-corrected chi connectivity index (χ0v) is 15.0. The van der Waals surface area contributed by atoms with E-state index in [1.165, 1.54) is 19.2 Å². The lowest BCUT2D eigenvalue weighted by Gasteiger charge is -2.10. The number of alkyl halides is 3. The smallest absolute Gasteiger partial charge is 0.416 e. The Morgan fingerprint density at radius 2 is 1.82 bits per heavy atom. The molecule has 9 heteroatoms. The van der Waals surface area contributed by atoms with Gasteiger partial charge in [0.25, 0.3) is 0 Å². The summed E-state index contributed by atoms with van der Waals surface area (Å²) in [4.78, 5) is 11.3. The molecule has 1 aromatic heterocycles. The number of halogens is 3. The molecule has 3 N–H and O–H groups in total. The Labute approximate surface area is 158 Å². The van der Waals surface area contributed by atoms with Gasteiger partial charge in [0.1, 0.15) is 0 Å². The Balaban J connectivity index is 1.73. The first-order chi connectivity index (χ1) is 13.3. The van der Waals surface area contributed by atoms with Crippen molar-refractivity contribution in [2.75, 3.05) is 17.7 Å². The first-order valence-electron chi connectivity index (χ1n) is 8.22. The lowest BCUT2D eigenvalue weighted by atomic mass is 10.1. The average molecular weight is 390 g/mol. The van der Waals surface area contributed by atoms with Gasteiger partial charge in [-0.05, 0) is 48.4 Å². The maximum absolute atomic E-state index is 12.7. The molecule has 0 atom stereocenters. The predicted molar refractivity (Wildman–Crippen MR) is 99.5 cm³/mol. The fourth-order valence-corrected chi connectivity index (χ4v) is 2.56. The van der Waals surface area contributed by atoms with Crippen LogP contribution in [0, 0.1) is 6.92 Å².